The zero-order chi connectivity index (χ0) is 21.8. The number of hydrogen-bond donors (Lipinski definition) is 1. The second-order valence-corrected chi connectivity index (χ2v) is 8.30. The highest BCUT2D eigenvalue weighted by atomic mass is 19.1. The predicted octanol–water partition coefficient (Wildman–Crippen LogP) is 6.11. The number of hydrogen-bond acceptors (Lipinski definition) is 3. The molecule has 5 heteroatoms. The lowest BCUT2D eigenvalue weighted by atomic mass is 9.81. The molecule has 1 heterocycles. The van der Waals surface area contributed by atoms with Gasteiger partial charge in [0.1, 0.15) is 17.3 Å². The van der Waals surface area contributed by atoms with Gasteiger partial charge in [-0.3, -0.25) is 4.79 Å². The lowest BCUT2D eigenvalue weighted by Gasteiger charge is -2.43. The number of amides is 1. The highest BCUT2D eigenvalue weighted by molar-refractivity contribution is 5.73. The Balaban J connectivity index is 1.56. The van der Waals surface area contributed by atoms with Gasteiger partial charge in [-0.2, -0.15) is 0 Å². The van der Waals surface area contributed by atoms with Crippen LogP contribution in [0.2, 0.25) is 0 Å². The highest BCUT2D eigenvalue weighted by Crippen LogP contribution is 2.44. The predicted molar refractivity (Wildman–Crippen MR) is 117 cm³/mol. The fourth-order valence-electron chi connectivity index (χ4n) is 4.17. The van der Waals surface area contributed by atoms with E-state index in [-0.39, 0.29) is 23.9 Å². The molecule has 0 radical (unpaired) electrons. The number of nitrogens with one attached hydrogen (secondary N) is 1. The summed E-state index contributed by atoms with van der Waals surface area (Å²) in [5, 5.41) is 3.10. The maximum atomic E-state index is 13.4. The molecule has 1 N–H and O–H groups in total. The number of carbonyl (C=O) groups is 1. The molecule has 1 fully saturated rings. The van der Waals surface area contributed by atoms with Gasteiger partial charge in [0.2, 0.25) is 5.91 Å². The van der Waals surface area contributed by atoms with Gasteiger partial charge in [0.05, 0.1) is 12.2 Å². The summed E-state index contributed by atoms with van der Waals surface area (Å²) < 4.78 is 25.7. The van der Waals surface area contributed by atoms with Crippen molar-refractivity contribution in [3.05, 3.63) is 95.8 Å². The Hall–Kier alpha value is -3.18. The van der Waals surface area contributed by atoms with Gasteiger partial charge in [0, 0.05) is 25.3 Å². The first-order chi connectivity index (χ1) is 14.9. The Kier molecular flexibility index (Phi) is 6.05. The Morgan fingerprint density at radius 3 is 1.97 bits per heavy atom. The minimum atomic E-state index is -0.437. The van der Waals surface area contributed by atoms with E-state index < -0.39 is 5.54 Å². The van der Waals surface area contributed by atoms with E-state index in [4.69, 9.17) is 9.47 Å². The third-order valence-corrected chi connectivity index (χ3v) is 5.55. The van der Waals surface area contributed by atoms with E-state index in [1.54, 1.807) is 12.1 Å². The maximum Gasteiger partial charge on any atom is 0.217 e. The third kappa shape index (κ3) is 5.30. The van der Waals surface area contributed by atoms with Crippen LogP contribution in [0, 0.1) is 5.82 Å². The molecule has 0 aromatic heterocycles. The molecular weight excluding hydrogens is 393 g/mol. The van der Waals surface area contributed by atoms with Crippen LogP contribution in [0.5, 0.6) is 11.5 Å². The molecule has 0 bridgehead atoms. The largest absolute Gasteiger partial charge is 0.457 e. The van der Waals surface area contributed by atoms with Crippen molar-refractivity contribution in [2.75, 3.05) is 0 Å². The topological polar surface area (TPSA) is 47.6 Å². The monoisotopic (exact) mass is 419 g/mol. The number of halogens is 1. The van der Waals surface area contributed by atoms with Crippen molar-refractivity contribution in [3.8, 4) is 11.5 Å². The van der Waals surface area contributed by atoms with Crippen LogP contribution in [-0.2, 0) is 9.53 Å². The number of rotatable bonds is 5. The molecule has 0 aliphatic carbocycles. The minimum Gasteiger partial charge on any atom is -0.457 e. The SMILES string of the molecule is CC(=O)N[C@@]1(C)C[C@@H](c2ccc(F)cc2)O[C@@H](c2ccc(Oc3ccccc3)cc2)C1. The molecule has 1 amide bonds. The van der Waals surface area contributed by atoms with Gasteiger partial charge in [0.15, 0.2) is 0 Å². The van der Waals surface area contributed by atoms with Crippen LogP contribution in [0.25, 0.3) is 0 Å². The first-order valence-electron chi connectivity index (χ1n) is 10.4. The van der Waals surface area contributed by atoms with Crippen molar-refractivity contribution in [1.29, 1.82) is 0 Å². The summed E-state index contributed by atoms with van der Waals surface area (Å²) in [5.74, 6) is 1.16. The van der Waals surface area contributed by atoms with E-state index in [2.05, 4.69) is 5.32 Å². The summed E-state index contributed by atoms with van der Waals surface area (Å²) in [7, 11) is 0. The van der Waals surface area contributed by atoms with Gasteiger partial charge in [-0.05, 0) is 54.4 Å². The van der Waals surface area contributed by atoms with Crippen molar-refractivity contribution >= 4 is 5.91 Å². The second-order valence-electron chi connectivity index (χ2n) is 8.30. The summed E-state index contributed by atoms with van der Waals surface area (Å²) in [6, 6.07) is 23.8. The quantitative estimate of drug-likeness (QED) is 0.543. The summed E-state index contributed by atoms with van der Waals surface area (Å²) in [6.07, 6.45) is 0.787. The van der Waals surface area contributed by atoms with Gasteiger partial charge < -0.3 is 14.8 Å². The molecule has 4 nitrogen and oxygen atoms in total. The molecule has 1 saturated heterocycles. The second kappa shape index (κ2) is 8.90. The normalized spacial score (nSPS) is 23.2. The number of benzene rings is 3. The van der Waals surface area contributed by atoms with Crippen LogP contribution in [0.3, 0.4) is 0 Å². The molecule has 3 atom stereocenters. The molecular formula is C26H26FNO3. The van der Waals surface area contributed by atoms with Gasteiger partial charge in [0.25, 0.3) is 0 Å². The zero-order valence-corrected chi connectivity index (χ0v) is 17.7. The van der Waals surface area contributed by atoms with Crippen LogP contribution in [-0.4, -0.2) is 11.4 Å². The summed E-state index contributed by atoms with van der Waals surface area (Å²) in [6.45, 7) is 3.56. The fraction of sp³-hybridized carbons (Fsp3) is 0.269. The van der Waals surface area contributed by atoms with Gasteiger partial charge in [-0.1, -0.05) is 42.5 Å². The Labute approximate surface area is 182 Å². The maximum absolute atomic E-state index is 13.4. The Morgan fingerprint density at radius 2 is 1.42 bits per heavy atom. The van der Waals surface area contributed by atoms with E-state index >= 15 is 0 Å². The average Bonchev–Trinajstić information content (AvgIpc) is 2.74. The van der Waals surface area contributed by atoms with E-state index in [1.807, 2.05) is 61.5 Å². The zero-order valence-electron chi connectivity index (χ0n) is 17.7. The van der Waals surface area contributed by atoms with Crippen LogP contribution in [0.1, 0.15) is 50.0 Å². The van der Waals surface area contributed by atoms with Gasteiger partial charge in [-0.15, -0.1) is 0 Å². The van der Waals surface area contributed by atoms with Crippen molar-refractivity contribution in [2.45, 2.75) is 44.4 Å². The Bertz CT molecular complexity index is 1020. The van der Waals surface area contributed by atoms with Crippen LogP contribution < -0.4 is 10.1 Å². The molecule has 1 aliphatic heterocycles. The van der Waals surface area contributed by atoms with Gasteiger partial charge >= 0.3 is 0 Å². The smallest absolute Gasteiger partial charge is 0.217 e. The van der Waals surface area contributed by atoms with Crippen molar-refractivity contribution in [1.82, 2.24) is 5.32 Å². The first-order valence-corrected chi connectivity index (χ1v) is 10.4. The molecule has 0 unspecified atom stereocenters. The van der Waals surface area contributed by atoms with Gasteiger partial charge in [-0.25, -0.2) is 4.39 Å². The first kappa shape index (κ1) is 21.1. The number of para-hydroxylation sites is 1. The molecule has 1 aliphatic rings. The lowest BCUT2D eigenvalue weighted by molar-refractivity contribution is -0.126. The highest BCUT2D eigenvalue weighted by Gasteiger charge is 2.39. The van der Waals surface area contributed by atoms with E-state index in [1.165, 1.54) is 19.1 Å². The van der Waals surface area contributed by atoms with Crippen molar-refractivity contribution < 1.29 is 18.7 Å². The fourth-order valence-corrected chi connectivity index (χ4v) is 4.17. The number of ether oxygens (including phenoxy) is 2. The summed E-state index contributed by atoms with van der Waals surface area (Å²) in [4.78, 5) is 11.8. The van der Waals surface area contributed by atoms with Crippen LogP contribution >= 0.6 is 0 Å². The third-order valence-electron chi connectivity index (χ3n) is 5.55. The van der Waals surface area contributed by atoms with Crippen molar-refractivity contribution in [3.63, 3.8) is 0 Å². The van der Waals surface area contributed by atoms with E-state index in [0.29, 0.717) is 12.8 Å². The Morgan fingerprint density at radius 1 is 0.903 bits per heavy atom. The minimum absolute atomic E-state index is 0.0763. The molecule has 160 valence electrons. The molecule has 0 spiro atoms. The molecule has 4 rings (SSSR count). The van der Waals surface area contributed by atoms with Crippen LogP contribution in [0.4, 0.5) is 4.39 Å². The lowest BCUT2D eigenvalue weighted by Crippen LogP contribution is -2.50. The average molecular weight is 419 g/mol. The molecule has 3 aromatic carbocycles. The van der Waals surface area contributed by atoms with E-state index in [9.17, 15) is 9.18 Å². The van der Waals surface area contributed by atoms with Crippen molar-refractivity contribution in [2.24, 2.45) is 0 Å². The molecule has 3 aromatic rings. The number of carbonyl (C=O) groups excluding carboxylic acids is 1. The molecule has 31 heavy (non-hydrogen) atoms. The van der Waals surface area contributed by atoms with E-state index in [0.717, 1.165) is 22.6 Å². The molecule has 0 saturated carbocycles. The van der Waals surface area contributed by atoms with Crippen LogP contribution in [0.15, 0.2) is 78.9 Å². The standard InChI is InChI=1S/C26H26FNO3/c1-18(29)28-26(2)16-24(19-8-12-21(27)13-9-19)31-25(17-26)20-10-14-23(15-11-20)30-22-6-4-3-5-7-22/h3-15,24-25H,16-17H2,1-2H3,(H,28,29)/t24-,25+,26-/m0/s1. The summed E-state index contributed by atoms with van der Waals surface area (Å²) in [5.41, 5.74) is 1.46. The summed E-state index contributed by atoms with van der Waals surface area (Å²) >= 11 is 0.